The quantitative estimate of drug-likeness (QED) is 0.250. The maximum absolute atomic E-state index is 11.7. The summed E-state index contributed by atoms with van der Waals surface area (Å²) in [6.07, 6.45) is 0. The Balaban J connectivity index is 2.62. The number of carbonyl (C=O) groups is 3. The fourth-order valence-electron chi connectivity index (χ4n) is 1.63. The number of benzene rings is 1. The van der Waals surface area contributed by atoms with Crippen molar-refractivity contribution >= 4 is 17.8 Å². The molecule has 0 saturated heterocycles. The summed E-state index contributed by atoms with van der Waals surface area (Å²) in [5.41, 5.74) is 6.64. The van der Waals surface area contributed by atoms with Crippen LogP contribution in [0.2, 0.25) is 0 Å². The van der Waals surface area contributed by atoms with E-state index in [1.807, 2.05) is 0 Å². The van der Waals surface area contributed by atoms with Crippen LogP contribution in [0, 0.1) is 0 Å². The van der Waals surface area contributed by atoms with Gasteiger partial charge in [0.25, 0.3) is 5.91 Å². The molecule has 0 fully saturated rings. The maximum atomic E-state index is 11.7. The standard InChI is InChI=1S/C14H19N3O5/c1-14(2,15)10(11(18)17-21)16-12(19)13(20)22-8-9-6-4-3-5-7-9/h3-7,10,21H,8,15H2,1-2H3,(H,16,19)(H,17,18)/t10-/m1/s1. The van der Waals surface area contributed by atoms with E-state index in [1.165, 1.54) is 19.3 Å². The summed E-state index contributed by atoms with van der Waals surface area (Å²) in [5.74, 6) is -3.20. The van der Waals surface area contributed by atoms with Crippen molar-refractivity contribution in [3.63, 3.8) is 0 Å². The van der Waals surface area contributed by atoms with Gasteiger partial charge < -0.3 is 15.8 Å². The molecule has 0 aliphatic carbocycles. The number of ether oxygens (including phenoxy) is 1. The Labute approximate surface area is 127 Å². The number of nitrogens with one attached hydrogen (secondary N) is 2. The van der Waals surface area contributed by atoms with Crippen LogP contribution in [0.25, 0.3) is 0 Å². The predicted octanol–water partition coefficient (Wildman–Crippen LogP) is -0.543. The van der Waals surface area contributed by atoms with E-state index in [0.29, 0.717) is 5.56 Å². The summed E-state index contributed by atoms with van der Waals surface area (Å²) < 4.78 is 4.83. The number of carbonyl (C=O) groups excluding carboxylic acids is 3. The summed E-state index contributed by atoms with van der Waals surface area (Å²) in [5, 5.41) is 10.8. The predicted molar refractivity (Wildman–Crippen MR) is 76.4 cm³/mol. The van der Waals surface area contributed by atoms with Gasteiger partial charge in [0.05, 0.1) is 0 Å². The molecular weight excluding hydrogens is 290 g/mol. The van der Waals surface area contributed by atoms with Crippen molar-refractivity contribution < 1.29 is 24.3 Å². The van der Waals surface area contributed by atoms with E-state index < -0.39 is 29.4 Å². The van der Waals surface area contributed by atoms with Gasteiger partial charge in [0.15, 0.2) is 0 Å². The molecule has 0 saturated carbocycles. The van der Waals surface area contributed by atoms with E-state index >= 15 is 0 Å². The second-order valence-electron chi connectivity index (χ2n) is 5.27. The minimum Gasteiger partial charge on any atom is -0.454 e. The van der Waals surface area contributed by atoms with Crippen LogP contribution in [0.15, 0.2) is 30.3 Å². The highest BCUT2D eigenvalue weighted by Crippen LogP contribution is 2.06. The van der Waals surface area contributed by atoms with Crippen molar-refractivity contribution in [3.8, 4) is 0 Å². The molecule has 5 N–H and O–H groups in total. The zero-order valence-electron chi connectivity index (χ0n) is 12.3. The summed E-state index contributed by atoms with van der Waals surface area (Å²) >= 11 is 0. The molecule has 0 unspecified atom stereocenters. The van der Waals surface area contributed by atoms with Crippen molar-refractivity contribution in [2.45, 2.75) is 32.0 Å². The monoisotopic (exact) mass is 309 g/mol. The molecule has 120 valence electrons. The first-order chi connectivity index (χ1) is 10.3. The SMILES string of the molecule is CC(C)(N)[C@H](NC(=O)C(=O)OCc1ccccc1)C(=O)NO. The summed E-state index contributed by atoms with van der Waals surface area (Å²) in [6.45, 7) is 2.85. The first kappa shape index (κ1) is 17.6. The average Bonchev–Trinajstić information content (AvgIpc) is 2.49. The van der Waals surface area contributed by atoms with Crippen LogP contribution in [-0.4, -0.2) is 34.6 Å². The van der Waals surface area contributed by atoms with Gasteiger partial charge in [-0.05, 0) is 19.4 Å². The zero-order valence-corrected chi connectivity index (χ0v) is 12.3. The highest BCUT2D eigenvalue weighted by Gasteiger charge is 2.35. The molecule has 0 radical (unpaired) electrons. The van der Waals surface area contributed by atoms with Crippen LogP contribution in [-0.2, 0) is 25.7 Å². The highest BCUT2D eigenvalue weighted by molar-refractivity contribution is 6.32. The summed E-state index contributed by atoms with van der Waals surface area (Å²) in [7, 11) is 0. The minimum absolute atomic E-state index is 0.0734. The fourth-order valence-corrected chi connectivity index (χ4v) is 1.63. The molecular formula is C14H19N3O5. The molecule has 0 aromatic heterocycles. The van der Waals surface area contributed by atoms with E-state index in [0.717, 1.165) is 0 Å². The smallest absolute Gasteiger partial charge is 0.397 e. The van der Waals surface area contributed by atoms with Crippen molar-refractivity contribution in [1.82, 2.24) is 10.8 Å². The largest absolute Gasteiger partial charge is 0.454 e. The van der Waals surface area contributed by atoms with Crippen molar-refractivity contribution in [3.05, 3.63) is 35.9 Å². The second-order valence-corrected chi connectivity index (χ2v) is 5.27. The van der Waals surface area contributed by atoms with E-state index in [2.05, 4.69) is 5.32 Å². The zero-order chi connectivity index (χ0) is 16.8. The van der Waals surface area contributed by atoms with Crippen LogP contribution in [0.1, 0.15) is 19.4 Å². The second kappa shape index (κ2) is 7.53. The van der Waals surface area contributed by atoms with Gasteiger partial charge in [0.2, 0.25) is 0 Å². The Bertz CT molecular complexity index is 539. The molecule has 0 spiro atoms. The Kier molecular flexibility index (Phi) is 6.02. The third-order valence-corrected chi connectivity index (χ3v) is 2.79. The van der Waals surface area contributed by atoms with Gasteiger partial charge in [-0.1, -0.05) is 30.3 Å². The lowest BCUT2D eigenvalue weighted by atomic mass is 9.95. The van der Waals surface area contributed by atoms with Crippen molar-refractivity contribution in [2.75, 3.05) is 0 Å². The van der Waals surface area contributed by atoms with Crippen molar-refractivity contribution in [1.29, 1.82) is 0 Å². The molecule has 1 rings (SSSR count). The molecule has 8 heteroatoms. The number of hydroxylamine groups is 1. The lowest BCUT2D eigenvalue weighted by Crippen LogP contribution is -2.62. The van der Waals surface area contributed by atoms with Gasteiger partial charge in [-0.15, -0.1) is 0 Å². The normalized spacial score (nSPS) is 12.2. The van der Waals surface area contributed by atoms with Gasteiger partial charge >= 0.3 is 11.9 Å². The molecule has 0 aliphatic rings. The number of nitrogens with two attached hydrogens (primary N) is 1. The number of amides is 2. The Morgan fingerprint density at radius 3 is 2.36 bits per heavy atom. The van der Waals surface area contributed by atoms with Gasteiger partial charge in [-0.25, -0.2) is 10.3 Å². The number of hydrogen-bond donors (Lipinski definition) is 4. The van der Waals surface area contributed by atoms with E-state index in [1.54, 1.807) is 30.3 Å². The average molecular weight is 309 g/mol. The lowest BCUT2D eigenvalue weighted by molar-refractivity contribution is -0.157. The van der Waals surface area contributed by atoms with E-state index in [4.69, 9.17) is 15.7 Å². The fraction of sp³-hybridized carbons (Fsp3) is 0.357. The first-order valence-electron chi connectivity index (χ1n) is 6.50. The first-order valence-corrected chi connectivity index (χ1v) is 6.50. The molecule has 1 aromatic rings. The maximum Gasteiger partial charge on any atom is 0.397 e. The van der Waals surface area contributed by atoms with Gasteiger partial charge in [0.1, 0.15) is 12.6 Å². The lowest BCUT2D eigenvalue weighted by Gasteiger charge is -2.28. The number of rotatable bonds is 5. The molecule has 0 aliphatic heterocycles. The third kappa shape index (κ3) is 5.15. The molecule has 1 atom stereocenters. The number of hydrogen-bond acceptors (Lipinski definition) is 6. The topological polar surface area (TPSA) is 131 Å². The van der Waals surface area contributed by atoms with E-state index in [9.17, 15) is 14.4 Å². The molecule has 2 amide bonds. The van der Waals surface area contributed by atoms with Gasteiger partial charge in [0, 0.05) is 5.54 Å². The Hall–Kier alpha value is -2.45. The van der Waals surface area contributed by atoms with Gasteiger partial charge in [-0.2, -0.15) is 0 Å². The molecule has 1 aromatic carbocycles. The van der Waals surface area contributed by atoms with Crippen LogP contribution >= 0.6 is 0 Å². The third-order valence-electron chi connectivity index (χ3n) is 2.79. The van der Waals surface area contributed by atoms with Crippen LogP contribution in [0.5, 0.6) is 0 Å². The van der Waals surface area contributed by atoms with E-state index in [-0.39, 0.29) is 6.61 Å². The van der Waals surface area contributed by atoms with Gasteiger partial charge in [-0.3, -0.25) is 14.8 Å². The Morgan fingerprint density at radius 2 is 1.86 bits per heavy atom. The summed E-state index contributed by atoms with van der Waals surface area (Å²) in [6, 6.07) is 7.50. The van der Waals surface area contributed by atoms with Crippen LogP contribution in [0.3, 0.4) is 0 Å². The molecule has 8 nitrogen and oxygen atoms in total. The molecule has 0 heterocycles. The molecule has 0 bridgehead atoms. The van der Waals surface area contributed by atoms with Crippen LogP contribution < -0.4 is 16.5 Å². The molecule has 22 heavy (non-hydrogen) atoms. The summed E-state index contributed by atoms with van der Waals surface area (Å²) in [4.78, 5) is 34.8. The number of esters is 1. The Morgan fingerprint density at radius 1 is 1.27 bits per heavy atom. The highest BCUT2D eigenvalue weighted by atomic mass is 16.5. The van der Waals surface area contributed by atoms with Crippen molar-refractivity contribution in [2.24, 2.45) is 5.73 Å². The van der Waals surface area contributed by atoms with Crippen LogP contribution in [0.4, 0.5) is 0 Å². The minimum atomic E-state index is -1.30.